The van der Waals surface area contributed by atoms with Gasteiger partial charge in [-0.3, -0.25) is 4.79 Å². The zero-order valence-electron chi connectivity index (χ0n) is 8.88. The molecule has 0 aromatic carbocycles. The van der Waals surface area contributed by atoms with Crippen LogP contribution in [0.2, 0.25) is 0 Å². The number of carbonyl (C=O) groups is 1. The second-order valence-corrected chi connectivity index (χ2v) is 5.39. The Morgan fingerprint density at radius 1 is 1.64 bits per heavy atom. The lowest BCUT2D eigenvalue weighted by Crippen LogP contribution is -2.46. The molecule has 0 radical (unpaired) electrons. The maximum Gasteiger partial charge on any atom is 0.304 e. The van der Waals surface area contributed by atoms with E-state index in [2.05, 4.69) is 11.6 Å². The molecule has 0 saturated heterocycles. The van der Waals surface area contributed by atoms with Crippen molar-refractivity contribution in [1.82, 2.24) is 5.32 Å². The van der Waals surface area contributed by atoms with Crippen molar-refractivity contribution in [2.45, 2.75) is 43.4 Å². The third kappa shape index (κ3) is 3.17. The standard InChI is InChI=1S/C10H19NO2S/c1-8(6-9(12)13)11-7-10(14-2)4-3-5-10/h8,11H,3-7H2,1-2H3,(H,12,13). The van der Waals surface area contributed by atoms with Crippen LogP contribution in [-0.4, -0.2) is 34.7 Å². The molecular formula is C10H19NO2S. The molecule has 0 bridgehead atoms. The van der Waals surface area contributed by atoms with E-state index in [9.17, 15) is 4.79 Å². The maximum atomic E-state index is 10.4. The molecule has 1 atom stereocenters. The van der Waals surface area contributed by atoms with Gasteiger partial charge in [-0.1, -0.05) is 6.42 Å². The largest absolute Gasteiger partial charge is 0.481 e. The monoisotopic (exact) mass is 217 g/mol. The highest BCUT2D eigenvalue weighted by Crippen LogP contribution is 2.42. The van der Waals surface area contributed by atoms with Crippen LogP contribution in [0.3, 0.4) is 0 Å². The molecule has 1 aliphatic carbocycles. The van der Waals surface area contributed by atoms with Crippen LogP contribution in [0.4, 0.5) is 0 Å². The Bertz CT molecular complexity index is 199. The third-order valence-electron chi connectivity index (χ3n) is 2.95. The van der Waals surface area contributed by atoms with Gasteiger partial charge < -0.3 is 10.4 Å². The lowest BCUT2D eigenvalue weighted by Gasteiger charge is -2.41. The van der Waals surface area contributed by atoms with Crippen LogP contribution < -0.4 is 5.32 Å². The molecule has 1 rings (SSSR count). The minimum Gasteiger partial charge on any atom is -0.481 e. The topological polar surface area (TPSA) is 49.3 Å². The fourth-order valence-electron chi connectivity index (χ4n) is 1.72. The van der Waals surface area contributed by atoms with Gasteiger partial charge in [0.1, 0.15) is 0 Å². The molecule has 1 unspecified atom stereocenters. The fraction of sp³-hybridized carbons (Fsp3) is 0.900. The number of thioether (sulfide) groups is 1. The highest BCUT2D eigenvalue weighted by molar-refractivity contribution is 8.00. The van der Waals surface area contributed by atoms with E-state index in [0.717, 1.165) is 6.54 Å². The first-order valence-corrected chi connectivity index (χ1v) is 6.31. The number of hydrogen-bond acceptors (Lipinski definition) is 3. The molecule has 82 valence electrons. The van der Waals surface area contributed by atoms with Crippen molar-refractivity contribution >= 4 is 17.7 Å². The van der Waals surface area contributed by atoms with Crippen molar-refractivity contribution in [2.75, 3.05) is 12.8 Å². The van der Waals surface area contributed by atoms with E-state index in [-0.39, 0.29) is 12.5 Å². The van der Waals surface area contributed by atoms with Gasteiger partial charge in [0.2, 0.25) is 0 Å². The first-order chi connectivity index (χ1) is 6.58. The Morgan fingerprint density at radius 2 is 2.29 bits per heavy atom. The Labute approximate surface area is 89.6 Å². The normalized spacial score (nSPS) is 21.3. The van der Waals surface area contributed by atoms with Crippen LogP contribution >= 0.6 is 11.8 Å². The molecule has 0 aromatic heterocycles. The molecule has 0 spiro atoms. The van der Waals surface area contributed by atoms with Crippen molar-refractivity contribution < 1.29 is 9.90 Å². The number of hydrogen-bond donors (Lipinski definition) is 2. The summed E-state index contributed by atoms with van der Waals surface area (Å²) in [6.45, 7) is 2.88. The summed E-state index contributed by atoms with van der Waals surface area (Å²) in [4.78, 5) is 10.4. The first-order valence-electron chi connectivity index (χ1n) is 5.08. The van der Waals surface area contributed by atoms with Crippen LogP contribution in [-0.2, 0) is 4.79 Å². The quantitative estimate of drug-likeness (QED) is 0.711. The van der Waals surface area contributed by atoms with E-state index in [1.165, 1.54) is 19.3 Å². The number of carboxylic acids is 1. The predicted molar refractivity (Wildman–Crippen MR) is 59.8 cm³/mol. The Kier molecular flexibility index (Phi) is 4.26. The smallest absolute Gasteiger partial charge is 0.304 e. The Morgan fingerprint density at radius 3 is 2.64 bits per heavy atom. The van der Waals surface area contributed by atoms with Crippen LogP contribution in [0.5, 0.6) is 0 Å². The lowest BCUT2D eigenvalue weighted by molar-refractivity contribution is -0.137. The number of aliphatic carboxylic acids is 1. The molecule has 2 N–H and O–H groups in total. The summed E-state index contributed by atoms with van der Waals surface area (Å²) in [6, 6.07) is 0.0807. The summed E-state index contributed by atoms with van der Waals surface area (Å²) in [5.74, 6) is -0.725. The van der Waals surface area contributed by atoms with Gasteiger partial charge in [0, 0.05) is 17.3 Å². The second-order valence-electron chi connectivity index (χ2n) is 4.12. The van der Waals surface area contributed by atoms with E-state index in [0.29, 0.717) is 4.75 Å². The van der Waals surface area contributed by atoms with E-state index < -0.39 is 5.97 Å². The Hall–Kier alpha value is -0.220. The number of carboxylic acid groups (broad SMARTS) is 1. The highest BCUT2D eigenvalue weighted by Gasteiger charge is 2.35. The van der Waals surface area contributed by atoms with Crippen LogP contribution in [0.1, 0.15) is 32.6 Å². The average molecular weight is 217 g/mol. The fourth-order valence-corrected chi connectivity index (χ4v) is 2.64. The van der Waals surface area contributed by atoms with E-state index in [1.807, 2.05) is 18.7 Å². The summed E-state index contributed by atoms with van der Waals surface area (Å²) in [6.07, 6.45) is 6.20. The molecule has 4 heteroatoms. The summed E-state index contributed by atoms with van der Waals surface area (Å²) in [5, 5.41) is 11.9. The predicted octanol–water partition coefficient (Wildman–Crippen LogP) is 1.72. The molecule has 0 aliphatic heterocycles. The molecule has 1 fully saturated rings. The third-order valence-corrected chi connectivity index (χ3v) is 4.37. The van der Waals surface area contributed by atoms with Crippen molar-refractivity contribution in [2.24, 2.45) is 0 Å². The summed E-state index contributed by atoms with van der Waals surface area (Å²) in [5.41, 5.74) is 0. The summed E-state index contributed by atoms with van der Waals surface area (Å²) < 4.78 is 0.396. The van der Waals surface area contributed by atoms with Gasteiger partial charge in [-0.25, -0.2) is 0 Å². The van der Waals surface area contributed by atoms with Gasteiger partial charge in [0.25, 0.3) is 0 Å². The van der Waals surface area contributed by atoms with Gasteiger partial charge in [-0.2, -0.15) is 11.8 Å². The van der Waals surface area contributed by atoms with Crippen molar-refractivity contribution in [3.63, 3.8) is 0 Å². The van der Waals surface area contributed by atoms with E-state index in [4.69, 9.17) is 5.11 Å². The molecule has 0 amide bonds. The van der Waals surface area contributed by atoms with E-state index >= 15 is 0 Å². The van der Waals surface area contributed by atoms with Crippen LogP contribution in [0.15, 0.2) is 0 Å². The molecular weight excluding hydrogens is 198 g/mol. The number of nitrogens with one attached hydrogen (secondary N) is 1. The zero-order chi connectivity index (χ0) is 10.6. The van der Waals surface area contributed by atoms with Crippen LogP contribution in [0.25, 0.3) is 0 Å². The van der Waals surface area contributed by atoms with Gasteiger partial charge in [-0.15, -0.1) is 0 Å². The molecule has 1 saturated carbocycles. The summed E-state index contributed by atoms with van der Waals surface area (Å²) in [7, 11) is 0. The van der Waals surface area contributed by atoms with Gasteiger partial charge >= 0.3 is 5.97 Å². The van der Waals surface area contributed by atoms with E-state index in [1.54, 1.807) is 0 Å². The molecule has 1 aliphatic rings. The molecule has 0 aromatic rings. The molecule has 0 heterocycles. The minimum absolute atomic E-state index is 0.0807. The number of rotatable bonds is 6. The molecule has 14 heavy (non-hydrogen) atoms. The SMILES string of the molecule is CSC1(CNC(C)CC(=O)O)CCC1. The van der Waals surface area contributed by atoms with Gasteiger partial charge in [-0.05, 0) is 26.0 Å². The van der Waals surface area contributed by atoms with Crippen molar-refractivity contribution in [3.8, 4) is 0 Å². The van der Waals surface area contributed by atoms with Crippen molar-refractivity contribution in [1.29, 1.82) is 0 Å². The summed E-state index contributed by atoms with van der Waals surface area (Å²) >= 11 is 1.91. The zero-order valence-corrected chi connectivity index (χ0v) is 9.69. The highest BCUT2D eigenvalue weighted by atomic mass is 32.2. The van der Waals surface area contributed by atoms with Crippen LogP contribution in [0, 0.1) is 0 Å². The first kappa shape index (κ1) is 11.9. The van der Waals surface area contributed by atoms with Gasteiger partial charge in [0.15, 0.2) is 0 Å². The Balaban J connectivity index is 2.21. The maximum absolute atomic E-state index is 10.4. The second kappa shape index (κ2) is 5.03. The minimum atomic E-state index is -0.725. The molecule has 3 nitrogen and oxygen atoms in total. The van der Waals surface area contributed by atoms with Gasteiger partial charge in [0.05, 0.1) is 6.42 Å². The van der Waals surface area contributed by atoms with Crippen molar-refractivity contribution in [3.05, 3.63) is 0 Å². The lowest BCUT2D eigenvalue weighted by atomic mass is 9.84. The average Bonchev–Trinajstić information content (AvgIpc) is 2.01.